The van der Waals surface area contributed by atoms with Crippen LogP contribution in [-0.2, 0) is 14.3 Å². The minimum atomic E-state index is -1.11. The smallest absolute Gasteiger partial charge is 0.336 e. The molecule has 178 valence electrons. The molecule has 0 fully saturated rings. The van der Waals surface area contributed by atoms with Gasteiger partial charge in [-0.2, -0.15) is 0 Å². The lowest BCUT2D eigenvalue weighted by atomic mass is 9.80. The second-order valence-corrected chi connectivity index (χ2v) is 8.90. The second-order valence-electron chi connectivity index (χ2n) is 8.47. The highest BCUT2D eigenvalue weighted by Gasteiger charge is 2.37. The lowest BCUT2D eigenvalue weighted by Gasteiger charge is -2.30. The first-order chi connectivity index (χ1) is 16.9. The van der Waals surface area contributed by atoms with Crippen LogP contribution >= 0.6 is 11.6 Å². The zero-order valence-electron chi connectivity index (χ0n) is 19.5. The number of benzene rings is 3. The van der Waals surface area contributed by atoms with Gasteiger partial charge in [-0.3, -0.25) is 0 Å². The summed E-state index contributed by atoms with van der Waals surface area (Å²) >= 11 is 6.22. The number of carboxylic acid groups (broad SMARTS) is 1. The largest absolute Gasteiger partial charge is 0.478 e. The molecule has 0 amide bonds. The highest BCUT2D eigenvalue weighted by atomic mass is 35.5. The van der Waals surface area contributed by atoms with Gasteiger partial charge >= 0.3 is 11.9 Å². The maximum atomic E-state index is 13.6. The lowest BCUT2D eigenvalue weighted by molar-refractivity contribution is -0.139. The van der Waals surface area contributed by atoms with Crippen LogP contribution in [0.5, 0.6) is 0 Å². The molecule has 35 heavy (non-hydrogen) atoms. The summed E-state index contributed by atoms with van der Waals surface area (Å²) in [5.74, 6) is -2.65. The lowest BCUT2D eigenvalue weighted by Crippen LogP contribution is -2.32. The van der Waals surface area contributed by atoms with Crippen LogP contribution in [-0.4, -0.2) is 23.7 Å². The van der Waals surface area contributed by atoms with Crippen molar-refractivity contribution in [2.45, 2.75) is 25.7 Å². The van der Waals surface area contributed by atoms with Crippen LogP contribution in [0, 0.1) is 0 Å². The zero-order chi connectivity index (χ0) is 24.9. The van der Waals surface area contributed by atoms with Crippen molar-refractivity contribution in [3.8, 4) is 0 Å². The van der Waals surface area contributed by atoms with Gasteiger partial charge in [0.15, 0.2) is 0 Å². The van der Waals surface area contributed by atoms with Gasteiger partial charge in [-0.1, -0.05) is 84.4 Å². The fourth-order valence-corrected chi connectivity index (χ4v) is 4.76. The van der Waals surface area contributed by atoms with Crippen LogP contribution < -0.4 is 5.32 Å². The number of aliphatic carboxylic acids is 1. The zero-order valence-corrected chi connectivity index (χ0v) is 20.3. The number of hydrogen-bond acceptors (Lipinski definition) is 4. The molecule has 2 N–H and O–H groups in total. The highest BCUT2D eigenvalue weighted by molar-refractivity contribution is 6.30. The number of carboxylic acids is 1. The number of carbonyl (C=O) groups is 2. The number of carbonyl (C=O) groups excluding carboxylic acids is 1. The molecule has 1 aliphatic heterocycles. The van der Waals surface area contributed by atoms with Gasteiger partial charge in [0.1, 0.15) is 6.61 Å². The van der Waals surface area contributed by atoms with Gasteiger partial charge in [0.2, 0.25) is 0 Å². The molecule has 0 spiro atoms. The van der Waals surface area contributed by atoms with E-state index in [1.54, 1.807) is 38.1 Å². The van der Waals surface area contributed by atoms with Crippen molar-refractivity contribution in [1.82, 2.24) is 5.32 Å². The van der Waals surface area contributed by atoms with Crippen LogP contribution in [0.1, 0.15) is 42.4 Å². The predicted octanol–water partition coefficient (Wildman–Crippen LogP) is 6.03. The third-order valence-corrected chi connectivity index (χ3v) is 6.41. The van der Waals surface area contributed by atoms with E-state index in [1.807, 2.05) is 60.7 Å². The first kappa shape index (κ1) is 24.3. The van der Waals surface area contributed by atoms with Crippen molar-refractivity contribution in [3.63, 3.8) is 0 Å². The summed E-state index contributed by atoms with van der Waals surface area (Å²) in [4.78, 5) is 25.8. The molecule has 3 aromatic rings. The van der Waals surface area contributed by atoms with Crippen molar-refractivity contribution in [1.29, 1.82) is 0 Å². The fraction of sp³-hybridized carbons (Fsp3) is 0.172. The van der Waals surface area contributed by atoms with E-state index in [4.69, 9.17) is 16.3 Å². The van der Waals surface area contributed by atoms with E-state index in [0.717, 1.165) is 11.1 Å². The van der Waals surface area contributed by atoms with Crippen molar-refractivity contribution < 1.29 is 19.4 Å². The summed E-state index contributed by atoms with van der Waals surface area (Å²) in [6.45, 7) is 3.55. The average molecular weight is 488 g/mol. The third-order valence-electron chi connectivity index (χ3n) is 6.18. The summed E-state index contributed by atoms with van der Waals surface area (Å²) in [7, 11) is 0. The van der Waals surface area contributed by atoms with Crippen molar-refractivity contribution in [3.05, 3.63) is 129 Å². The Balaban J connectivity index is 1.68. The maximum Gasteiger partial charge on any atom is 0.336 e. The normalized spacial score (nSPS) is 15.7. The van der Waals surface area contributed by atoms with Crippen molar-refractivity contribution >= 4 is 23.5 Å². The quantitative estimate of drug-likeness (QED) is 0.398. The average Bonchev–Trinajstić information content (AvgIpc) is 2.84. The highest BCUT2D eigenvalue weighted by Crippen LogP contribution is 2.39. The van der Waals surface area contributed by atoms with Gasteiger partial charge in [-0.05, 0) is 42.7 Å². The summed E-state index contributed by atoms with van der Waals surface area (Å²) in [5.41, 5.74) is 4.04. The van der Waals surface area contributed by atoms with Crippen molar-refractivity contribution in [2.24, 2.45) is 0 Å². The molecule has 1 heterocycles. The number of halogens is 1. The predicted molar refractivity (Wildman–Crippen MR) is 136 cm³/mol. The van der Waals surface area contributed by atoms with Gasteiger partial charge in [0, 0.05) is 22.3 Å². The Labute approximate surface area is 209 Å². The van der Waals surface area contributed by atoms with Crippen LogP contribution in [0.15, 0.2) is 107 Å². The fourth-order valence-electron chi connectivity index (χ4n) is 4.56. The number of ether oxygens (including phenoxy) is 1. The summed E-state index contributed by atoms with van der Waals surface area (Å²) in [5, 5.41) is 13.5. The van der Waals surface area contributed by atoms with Crippen LogP contribution in [0.2, 0.25) is 5.02 Å². The molecular weight excluding hydrogens is 462 g/mol. The first-order valence-electron chi connectivity index (χ1n) is 11.3. The van der Waals surface area contributed by atoms with Gasteiger partial charge in [-0.15, -0.1) is 0 Å². The van der Waals surface area contributed by atoms with E-state index in [2.05, 4.69) is 5.32 Å². The van der Waals surface area contributed by atoms with E-state index in [1.165, 1.54) is 0 Å². The molecule has 0 saturated heterocycles. The van der Waals surface area contributed by atoms with Gasteiger partial charge in [-0.25, -0.2) is 9.59 Å². The van der Waals surface area contributed by atoms with Gasteiger partial charge in [0.25, 0.3) is 0 Å². The summed E-state index contributed by atoms with van der Waals surface area (Å²) in [6, 6.07) is 26.6. The first-order valence-corrected chi connectivity index (χ1v) is 11.7. The van der Waals surface area contributed by atoms with E-state index in [0.29, 0.717) is 22.0 Å². The number of nitrogens with one attached hydrogen (secondary N) is 1. The Morgan fingerprint density at radius 1 is 0.886 bits per heavy atom. The molecule has 1 atom stereocenters. The van der Waals surface area contributed by atoms with Gasteiger partial charge < -0.3 is 15.2 Å². The van der Waals surface area contributed by atoms with E-state index in [-0.39, 0.29) is 23.7 Å². The van der Waals surface area contributed by atoms with Crippen LogP contribution in [0.3, 0.4) is 0 Å². The molecule has 1 unspecified atom stereocenters. The van der Waals surface area contributed by atoms with Crippen molar-refractivity contribution in [2.75, 3.05) is 6.61 Å². The molecular formula is C29H26ClNO4. The SMILES string of the molecule is CC1=C(C(=O)O)C(c2cccc(Cl)c2)C(C(=O)OCC(c2ccccc2)c2ccccc2)=C(C)N1. The molecule has 0 radical (unpaired) electrons. The Hall–Kier alpha value is -3.83. The Kier molecular flexibility index (Phi) is 7.37. The number of rotatable bonds is 7. The molecule has 4 rings (SSSR count). The Morgan fingerprint density at radius 3 is 2.00 bits per heavy atom. The molecule has 6 heteroatoms. The molecule has 5 nitrogen and oxygen atoms in total. The van der Waals surface area contributed by atoms with Crippen LogP contribution in [0.4, 0.5) is 0 Å². The van der Waals surface area contributed by atoms with Gasteiger partial charge in [0.05, 0.1) is 17.1 Å². The summed E-state index contributed by atoms with van der Waals surface area (Å²) < 4.78 is 5.88. The minimum absolute atomic E-state index is 0.0903. The second kappa shape index (κ2) is 10.6. The van der Waals surface area contributed by atoms with E-state index in [9.17, 15) is 14.7 Å². The van der Waals surface area contributed by atoms with Crippen LogP contribution in [0.25, 0.3) is 0 Å². The standard InChI is InChI=1S/C29H26ClNO4/c1-18-25(28(32)33)27(22-14-9-15-23(30)16-22)26(19(2)31-18)29(34)35-17-24(20-10-5-3-6-11-20)21-12-7-4-8-13-21/h3-16,24,27,31H,17H2,1-2H3,(H,32,33). The maximum absolute atomic E-state index is 13.6. The number of allylic oxidation sites excluding steroid dienone is 2. The molecule has 0 aliphatic carbocycles. The third kappa shape index (κ3) is 5.31. The molecule has 3 aromatic carbocycles. The summed E-state index contributed by atoms with van der Waals surface area (Å²) in [6.07, 6.45) is 0. The Bertz CT molecular complexity index is 1260. The van der Waals surface area contributed by atoms with E-state index >= 15 is 0 Å². The van der Waals surface area contributed by atoms with E-state index < -0.39 is 17.9 Å². The monoisotopic (exact) mass is 487 g/mol. The topological polar surface area (TPSA) is 75.6 Å². The molecule has 1 aliphatic rings. The number of hydrogen-bond donors (Lipinski definition) is 2. The minimum Gasteiger partial charge on any atom is -0.478 e. The number of dihydropyridines is 1. The number of esters is 1. The molecule has 0 bridgehead atoms. The Morgan fingerprint density at radius 2 is 1.46 bits per heavy atom. The molecule has 0 saturated carbocycles. The molecule has 0 aromatic heterocycles.